The van der Waals surface area contributed by atoms with Crippen molar-refractivity contribution in [1.29, 1.82) is 5.26 Å². The molecule has 0 radical (unpaired) electrons. The van der Waals surface area contributed by atoms with Crippen LogP contribution in [-0.2, 0) is 6.18 Å². The molecule has 3 rings (SSSR count). The van der Waals surface area contributed by atoms with Crippen molar-refractivity contribution in [3.63, 3.8) is 0 Å². The maximum Gasteiger partial charge on any atom is 0.421 e. The second-order valence-corrected chi connectivity index (χ2v) is 6.38. The lowest BCUT2D eigenvalue weighted by Gasteiger charge is -2.25. The number of hydrogen-bond acceptors (Lipinski definition) is 6. The Balaban J connectivity index is 2.03. The Labute approximate surface area is 171 Å². The van der Waals surface area contributed by atoms with Crippen LogP contribution in [0.5, 0.6) is 5.75 Å². The predicted octanol–water partition coefficient (Wildman–Crippen LogP) is 4.91. The Morgan fingerprint density at radius 2 is 1.50 bits per heavy atom. The van der Waals surface area contributed by atoms with Crippen LogP contribution in [0.25, 0.3) is 0 Å². The molecule has 1 aromatic heterocycles. The van der Waals surface area contributed by atoms with Gasteiger partial charge in [-0.2, -0.15) is 23.4 Å². The number of methoxy groups -OCH3 is 1. The molecule has 0 N–H and O–H groups in total. The van der Waals surface area contributed by atoms with Crippen LogP contribution in [0.4, 0.5) is 36.3 Å². The molecule has 0 fully saturated rings. The van der Waals surface area contributed by atoms with Crippen LogP contribution in [0.2, 0.25) is 0 Å². The summed E-state index contributed by atoms with van der Waals surface area (Å²) < 4.78 is 45.9. The molecule has 1 heterocycles. The van der Waals surface area contributed by atoms with Gasteiger partial charge in [-0.25, -0.2) is 4.98 Å². The molecule has 0 bridgehead atoms. The third-order valence-electron chi connectivity index (χ3n) is 4.52. The number of ether oxygens (including phenoxy) is 1. The molecule has 0 saturated carbocycles. The molecule has 9 heteroatoms. The number of rotatable bonds is 5. The maximum absolute atomic E-state index is 13.6. The number of aromatic nitrogens is 2. The summed E-state index contributed by atoms with van der Waals surface area (Å²) in [6.07, 6.45) is -3.86. The van der Waals surface area contributed by atoms with Crippen LogP contribution >= 0.6 is 0 Å². The molecule has 0 aliphatic carbocycles. The lowest BCUT2D eigenvalue weighted by Crippen LogP contribution is -2.21. The van der Waals surface area contributed by atoms with Gasteiger partial charge in [0.25, 0.3) is 0 Å². The first kappa shape index (κ1) is 20.9. The van der Waals surface area contributed by atoms with Crippen molar-refractivity contribution in [2.45, 2.75) is 6.18 Å². The number of nitrogens with zero attached hydrogens (tertiary/aromatic N) is 5. The SMILES string of the molecule is COc1ccc(N(C)c2ncc(C(F)(F)F)c(N(C)c3ccc(C#N)cc3)n2)cc1. The molecular weight excluding hydrogens is 395 g/mol. The van der Waals surface area contributed by atoms with Crippen LogP contribution in [-0.4, -0.2) is 31.2 Å². The largest absolute Gasteiger partial charge is 0.497 e. The molecule has 0 unspecified atom stereocenters. The zero-order chi connectivity index (χ0) is 21.9. The van der Waals surface area contributed by atoms with E-state index in [9.17, 15) is 13.2 Å². The molecule has 0 aliphatic heterocycles. The number of halogens is 3. The Morgan fingerprint density at radius 1 is 0.933 bits per heavy atom. The molecule has 2 aromatic carbocycles. The van der Waals surface area contributed by atoms with Crippen LogP contribution in [0.15, 0.2) is 54.7 Å². The van der Waals surface area contributed by atoms with E-state index in [2.05, 4.69) is 9.97 Å². The van der Waals surface area contributed by atoms with Crippen molar-refractivity contribution in [3.05, 3.63) is 65.9 Å². The molecule has 154 valence electrons. The Hall–Kier alpha value is -3.80. The van der Waals surface area contributed by atoms with Gasteiger partial charge in [0.15, 0.2) is 5.82 Å². The molecule has 0 aliphatic rings. The maximum atomic E-state index is 13.6. The van der Waals surface area contributed by atoms with Gasteiger partial charge in [0.1, 0.15) is 11.3 Å². The second-order valence-electron chi connectivity index (χ2n) is 6.38. The quantitative estimate of drug-likeness (QED) is 0.592. The molecule has 6 nitrogen and oxygen atoms in total. The highest BCUT2D eigenvalue weighted by Gasteiger charge is 2.37. The zero-order valence-electron chi connectivity index (χ0n) is 16.5. The Kier molecular flexibility index (Phi) is 5.78. The monoisotopic (exact) mass is 413 g/mol. The van der Waals surface area contributed by atoms with Gasteiger partial charge in [-0.15, -0.1) is 0 Å². The summed E-state index contributed by atoms with van der Waals surface area (Å²) in [4.78, 5) is 11.0. The molecule has 30 heavy (non-hydrogen) atoms. The summed E-state index contributed by atoms with van der Waals surface area (Å²) >= 11 is 0. The second kappa shape index (κ2) is 8.29. The smallest absolute Gasteiger partial charge is 0.421 e. The standard InChI is InChI=1S/C21H18F3N5O/c1-28(15-6-4-14(12-25)5-7-15)19-18(21(22,23)24)13-26-20(27-19)29(2)16-8-10-17(30-3)11-9-16/h4-11,13H,1-3H3. The minimum atomic E-state index is -4.63. The van der Waals surface area contributed by atoms with Crippen molar-refractivity contribution in [3.8, 4) is 11.8 Å². The van der Waals surface area contributed by atoms with E-state index in [4.69, 9.17) is 10.00 Å². The average Bonchev–Trinajstić information content (AvgIpc) is 2.77. The van der Waals surface area contributed by atoms with E-state index in [1.165, 1.54) is 24.1 Å². The van der Waals surface area contributed by atoms with Gasteiger partial charge >= 0.3 is 6.18 Å². The van der Waals surface area contributed by atoms with Gasteiger partial charge < -0.3 is 14.5 Å². The lowest BCUT2D eigenvalue weighted by molar-refractivity contribution is -0.137. The van der Waals surface area contributed by atoms with Crippen LogP contribution in [0.3, 0.4) is 0 Å². The fourth-order valence-corrected chi connectivity index (χ4v) is 2.78. The summed E-state index contributed by atoms with van der Waals surface area (Å²) in [7, 11) is 4.69. The van der Waals surface area contributed by atoms with Crippen LogP contribution < -0.4 is 14.5 Å². The van der Waals surface area contributed by atoms with E-state index in [1.54, 1.807) is 55.5 Å². The van der Waals surface area contributed by atoms with Gasteiger partial charge in [-0.3, -0.25) is 0 Å². The van der Waals surface area contributed by atoms with Crippen molar-refractivity contribution in [2.75, 3.05) is 31.0 Å². The van der Waals surface area contributed by atoms with Crippen molar-refractivity contribution >= 4 is 23.1 Å². The molecular formula is C21H18F3N5O. The molecule has 0 amide bonds. The fourth-order valence-electron chi connectivity index (χ4n) is 2.78. The molecule has 0 spiro atoms. The zero-order valence-corrected chi connectivity index (χ0v) is 16.5. The first-order valence-corrected chi connectivity index (χ1v) is 8.80. The van der Waals surface area contributed by atoms with Crippen molar-refractivity contribution in [2.24, 2.45) is 0 Å². The normalized spacial score (nSPS) is 11.0. The Bertz CT molecular complexity index is 1060. The third-order valence-corrected chi connectivity index (χ3v) is 4.52. The van der Waals surface area contributed by atoms with Crippen molar-refractivity contribution < 1.29 is 17.9 Å². The van der Waals surface area contributed by atoms with Crippen LogP contribution in [0.1, 0.15) is 11.1 Å². The fraction of sp³-hybridized carbons (Fsp3) is 0.190. The summed E-state index contributed by atoms with van der Waals surface area (Å²) in [5.41, 5.74) is 0.589. The summed E-state index contributed by atoms with van der Waals surface area (Å²) in [5, 5.41) is 8.93. The number of anilines is 4. The van der Waals surface area contributed by atoms with Gasteiger partial charge in [0.2, 0.25) is 5.95 Å². The highest BCUT2D eigenvalue weighted by atomic mass is 19.4. The third kappa shape index (κ3) is 4.27. The van der Waals surface area contributed by atoms with Gasteiger partial charge in [0.05, 0.1) is 18.7 Å². The first-order valence-electron chi connectivity index (χ1n) is 8.80. The first-order chi connectivity index (χ1) is 14.2. The van der Waals surface area contributed by atoms with Crippen LogP contribution in [0, 0.1) is 11.3 Å². The van der Waals surface area contributed by atoms with Crippen molar-refractivity contribution in [1.82, 2.24) is 9.97 Å². The van der Waals surface area contributed by atoms with Gasteiger partial charge in [0, 0.05) is 31.7 Å². The number of hydrogen-bond donors (Lipinski definition) is 0. The lowest BCUT2D eigenvalue weighted by atomic mass is 10.2. The Morgan fingerprint density at radius 3 is 2.03 bits per heavy atom. The van der Waals surface area contributed by atoms with Gasteiger partial charge in [-0.1, -0.05) is 0 Å². The molecule has 0 saturated heterocycles. The summed E-state index contributed by atoms with van der Waals surface area (Å²) in [6.45, 7) is 0. The van der Waals surface area contributed by atoms with E-state index < -0.39 is 11.7 Å². The number of alkyl halides is 3. The van der Waals surface area contributed by atoms with E-state index in [-0.39, 0.29) is 11.8 Å². The highest BCUT2D eigenvalue weighted by Crippen LogP contribution is 2.38. The summed E-state index contributed by atoms with van der Waals surface area (Å²) in [6, 6.07) is 15.1. The summed E-state index contributed by atoms with van der Waals surface area (Å²) in [5.74, 6) is 0.461. The van der Waals surface area contributed by atoms with E-state index in [0.717, 1.165) is 6.20 Å². The topological polar surface area (TPSA) is 65.3 Å². The minimum Gasteiger partial charge on any atom is -0.497 e. The molecule has 0 atom stereocenters. The number of benzene rings is 2. The minimum absolute atomic E-state index is 0.101. The average molecular weight is 413 g/mol. The number of nitriles is 1. The van der Waals surface area contributed by atoms with E-state index >= 15 is 0 Å². The molecule has 3 aromatic rings. The van der Waals surface area contributed by atoms with E-state index in [1.807, 2.05) is 6.07 Å². The van der Waals surface area contributed by atoms with Gasteiger partial charge in [-0.05, 0) is 48.5 Å². The van der Waals surface area contributed by atoms with E-state index in [0.29, 0.717) is 22.7 Å². The predicted molar refractivity (Wildman–Crippen MR) is 107 cm³/mol. The highest BCUT2D eigenvalue weighted by molar-refractivity contribution is 5.66.